The van der Waals surface area contributed by atoms with Gasteiger partial charge in [0.15, 0.2) is 5.84 Å². The van der Waals surface area contributed by atoms with Gasteiger partial charge in [-0.15, -0.1) is 4.40 Å². The molecule has 0 fully saturated rings. The van der Waals surface area contributed by atoms with Gasteiger partial charge in [-0.3, -0.25) is 0 Å². The number of carbonyl (C=O) groups is 1. The van der Waals surface area contributed by atoms with E-state index in [-0.39, 0.29) is 23.7 Å². The van der Waals surface area contributed by atoms with Crippen molar-refractivity contribution in [3.8, 4) is 5.75 Å². The molecule has 24 heavy (non-hydrogen) atoms. The minimum atomic E-state index is -3.55. The molecule has 1 aromatic carbocycles. The highest BCUT2D eigenvalue weighted by molar-refractivity contribution is 7.90. The summed E-state index contributed by atoms with van der Waals surface area (Å²) in [6, 6.07) is 3.86. The molecule has 6 nitrogen and oxygen atoms in total. The lowest BCUT2D eigenvalue weighted by Gasteiger charge is -2.28. The first kappa shape index (κ1) is 16.4. The average molecular weight is 346 g/mol. The summed E-state index contributed by atoms with van der Waals surface area (Å²) in [4.78, 5) is 14.2. The predicted molar refractivity (Wildman–Crippen MR) is 91.4 cm³/mol. The van der Waals surface area contributed by atoms with Crippen LogP contribution < -0.4 is 4.74 Å². The Hall–Kier alpha value is -2.41. The Morgan fingerprint density at radius 3 is 2.54 bits per heavy atom. The molecule has 2 heterocycles. The zero-order valence-corrected chi connectivity index (χ0v) is 14.6. The highest BCUT2D eigenvalue weighted by atomic mass is 32.2. The highest BCUT2D eigenvalue weighted by Gasteiger charge is 2.31. The maximum atomic E-state index is 12.6. The van der Waals surface area contributed by atoms with Gasteiger partial charge in [-0.1, -0.05) is 17.7 Å². The van der Waals surface area contributed by atoms with Crippen molar-refractivity contribution in [1.29, 1.82) is 0 Å². The molecule has 0 saturated carbocycles. The van der Waals surface area contributed by atoms with Gasteiger partial charge in [-0.05, 0) is 44.1 Å². The zero-order chi connectivity index (χ0) is 17.5. The largest absolute Gasteiger partial charge is 0.422 e. The number of ether oxygens (including phenoxy) is 1. The lowest BCUT2D eigenvalue weighted by Crippen LogP contribution is -2.40. The van der Waals surface area contributed by atoms with Gasteiger partial charge in [0.25, 0.3) is 10.0 Å². The van der Waals surface area contributed by atoms with Crippen LogP contribution in [0.1, 0.15) is 16.7 Å². The number of hydrogen-bond donors (Lipinski definition) is 0. The number of nitrogens with zero attached hydrogens (tertiary/aromatic N) is 2. The van der Waals surface area contributed by atoms with Crippen LogP contribution in [0, 0.1) is 20.8 Å². The summed E-state index contributed by atoms with van der Waals surface area (Å²) in [6.45, 7) is 5.98. The Balaban J connectivity index is 1.94. The third-order valence-electron chi connectivity index (χ3n) is 3.88. The van der Waals surface area contributed by atoms with E-state index in [2.05, 4.69) is 4.40 Å². The van der Waals surface area contributed by atoms with Crippen molar-refractivity contribution in [1.82, 2.24) is 4.90 Å². The fourth-order valence-electron chi connectivity index (χ4n) is 2.85. The van der Waals surface area contributed by atoms with Crippen molar-refractivity contribution in [2.24, 2.45) is 4.40 Å². The van der Waals surface area contributed by atoms with Gasteiger partial charge in [0.1, 0.15) is 11.3 Å². The molecule has 0 amide bonds. The molecule has 0 radical (unpaired) electrons. The molecule has 2 aliphatic heterocycles. The van der Waals surface area contributed by atoms with Gasteiger partial charge in [-0.25, -0.2) is 13.2 Å². The lowest BCUT2D eigenvalue weighted by atomic mass is 10.1. The Kier molecular flexibility index (Phi) is 4.04. The molecule has 0 aromatic heterocycles. The fourth-order valence-corrected chi connectivity index (χ4v) is 3.84. The minimum absolute atomic E-state index is 0.0701. The minimum Gasteiger partial charge on any atom is -0.422 e. The van der Waals surface area contributed by atoms with E-state index in [4.69, 9.17) is 4.74 Å². The SMILES string of the molecule is Cc1cc(C)c(OC(=O)C2=CC=CN3CCS(=O)(=O)N=C23)c(C)c1. The van der Waals surface area contributed by atoms with Crippen molar-refractivity contribution in [2.75, 3.05) is 12.3 Å². The molecule has 3 rings (SSSR count). The summed E-state index contributed by atoms with van der Waals surface area (Å²) in [5.74, 6) is -0.0717. The quantitative estimate of drug-likeness (QED) is 0.605. The standard InChI is InChI=1S/C17H18N2O4S/c1-11-9-12(2)15(13(3)10-11)23-17(20)14-5-4-6-19-7-8-24(21,22)18-16(14)19/h4-6,9-10H,7-8H2,1-3H3. The van der Waals surface area contributed by atoms with Gasteiger partial charge in [0.2, 0.25) is 0 Å². The molecule has 126 valence electrons. The fraction of sp³-hybridized carbons (Fsp3) is 0.294. The molecule has 7 heteroatoms. The Morgan fingerprint density at radius 1 is 1.21 bits per heavy atom. The molecular formula is C17H18N2O4S. The highest BCUT2D eigenvalue weighted by Crippen LogP contribution is 2.26. The van der Waals surface area contributed by atoms with Crippen LogP contribution in [-0.2, 0) is 14.8 Å². The number of rotatable bonds is 2. The van der Waals surface area contributed by atoms with E-state index >= 15 is 0 Å². The molecule has 0 spiro atoms. The number of aryl methyl sites for hydroxylation is 3. The maximum Gasteiger partial charge on any atom is 0.347 e. The molecule has 0 atom stereocenters. The summed E-state index contributed by atoms with van der Waals surface area (Å²) < 4.78 is 32.8. The Labute approximate surface area is 141 Å². The summed E-state index contributed by atoms with van der Waals surface area (Å²) in [6.07, 6.45) is 4.91. The number of esters is 1. The topological polar surface area (TPSA) is 76.0 Å². The molecule has 0 N–H and O–H groups in total. The molecule has 2 aliphatic rings. The van der Waals surface area contributed by atoms with E-state index in [9.17, 15) is 13.2 Å². The van der Waals surface area contributed by atoms with Crippen molar-refractivity contribution in [3.05, 3.63) is 52.7 Å². The third-order valence-corrected chi connectivity index (χ3v) is 5.03. The Morgan fingerprint density at radius 2 is 1.88 bits per heavy atom. The van der Waals surface area contributed by atoms with Crippen molar-refractivity contribution in [3.63, 3.8) is 0 Å². The van der Waals surface area contributed by atoms with Crippen LogP contribution in [-0.4, -0.2) is 37.4 Å². The van der Waals surface area contributed by atoms with Gasteiger partial charge in [-0.2, -0.15) is 0 Å². The summed E-state index contributed by atoms with van der Waals surface area (Å²) in [7, 11) is -3.55. The lowest BCUT2D eigenvalue weighted by molar-refractivity contribution is -0.129. The van der Waals surface area contributed by atoms with E-state index < -0.39 is 16.0 Å². The van der Waals surface area contributed by atoms with Crippen LogP contribution >= 0.6 is 0 Å². The summed E-state index contributed by atoms with van der Waals surface area (Å²) in [5.41, 5.74) is 2.92. The van der Waals surface area contributed by atoms with Crippen LogP contribution in [0.15, 0.2) is 40.5 Å². The third kappa shape index (κ3) is 3.12. The zero-order valence-electron chi connectivity index (χ0n) is 13.7. The second-order valence-electron chi connectivity index (χ2n) is 5.93. The number of fused-ring (bicyclic) bond motifs is 1. The maximum absolute atomic E-state index is 12.6. The van der Waals surface area contributed by atoms with Crippen LogP contribution in [0.2, 0.25) is 0 Å². The predicted octanol–water partition coefficient (Wildman–Crippen LogP) is 2.01. The number of amidine groups is 1. The van der Waals surface area contributed by atoms with E-state index in [1.165, 1.54) is 6.08 Å². The van der Waals surface area contributed by atoms with Crippen molar-refractivity contribution >= 4 is 21.8 Å². The summed E-state index contributed by atoms with van der Waals surface area (Å²) in [5, 5.41) is 0. The molecule has 0 aliphatic carbocycles. The van der Waals surface area contributed by atoms with E-state index in [1.54, 1.807) is 17.2 Å². The normalized spacial score (nSPS) is 18.5. The number of sulfonamides is 1. The Bertz CT molecular complexity index is 888. The number of benzene rings is 1. The number of hydrogen-bond acceptors (Lipinski definition) is 5. The molecule has 0 bridgehead atoms. The van der Waals surface area contributed by atoms with Crippen LogP contribution in [0.3, 0.4) is 0 Å². The first-order valence-corrected chi connectivity index (χ1v) is 9.16. The van der Waals surface area contributed by atoms with Gasteiger partial charge in [0, 0.05) is 12.7 Å². The van der Waals surface area contributed by atoms with Crippen molar-refractivity contribution in [2.45, 2.75) is 20.8 Å². The van der Waals surface area contributed by atoms with Gasteiger partial charge < -0.3 is 9.64 Å². The van der Waals surface area contributed by atoms with Crippen LogP contribution in [0.5, 0.6) is 5.75 Å². The number of allylic oxidation sites excluding steroid dienone is 2. The second kappa shape index (κ2) is 5.90. The summed E-state index contributed by atoms with van der Waals surface area (Å²) >= 11 is 0. The second-order valence-corrected chi connectivity index (χ2v) is 7.69. The molecular weight excluding hydrogens is 328 g/mol. The van der Waals surface area contributed by atoms with Crippen molar-refractivity contribution < 1.29 is 17.9 Å². The first-order chi connectivity index (χ1) is 11.3. The van der Waals surface area contributed by atoms with Crippen LogP contribution in [0.25, 0.3) is 0 Å². The molecule has 0 unspecified atom stereocenters. The van der Waals surface area contributed by atoms with Gasteiger partial charge in [0.05, 0.1) is 5.75 Å². The smallest absolute Gasteiger partial charge is 0.347 e. The van der Waals surface area contributed by atoms with E-state index in [0.29, 0.717) is 5.75 Å². The van der Waals surface area contributed by atoms with E-state index in [0.717, 1.165) is 16.7 Å². The monoisotopic (exact) mass is 346 g/mol. The van der Waals surface area contributed by atoms with E-state index in [1.807, 2.05) is 32.9 Å². The van der Waals surface area contributed by atoms with Crippen LogP contribution in [0.4, 0.5) is 0 Å². The molecule has 1 aromatic rings. The average Bonchev–Trinajstić information content (AvgIpc) is 2.49. The van der Waals surface area contributed by atoms with Gasteiger partial charge >= 0.3 is 5.97 Å². The molecule has 0 saturated heterocycles. The first-order valence-electron chi connectivity index (χ1n) is 7.55. The number of carbonyl (C=O) groups excluding carboxylic acids is 1.